The van der Waals surface area contributed by atoms with E-state index in [0.29, 0.717) is 6.54 Å². The first-order valence-corrected chi connectivity index (χ1v) is 6.22. The van der Waals surface area contributed by atoms with Crippen molar-refractivity contribution in [1.29, 1.82) is 0 Å². The molecule has 0 aromatic heterocycles. The van der Waals surface area contributed by atoms with Crippen molar-refractivity contribution in [2.45, 2.75) is 19.8 Å². The molecule has 2 rings (SSSR count). The molecule has 1 aromatic rings. The quantitative estimate of drug-likeness (QED) is 0.503. The summed E-state index contributed by atoms with van der Waals surface area (Å²) in [6.07, 6.45) is 2.16. The number of carbonyl (C=O) groups is 1. The van der Waals surface area contributed by atoms with Crippen molar-refractivity contribution < 1.29 is 9.72 Å². The lowest BCUT2D eigenvalue weighted by Crippen LogP contribution is -2.29. The van der Waals surface area contributed by atoms with Crippen LogP contribution in [0.25, 0.3) is 0 Å². The minimum Gasteiger partial charge on any atom is -0.392 e. The molecule has 102 valence electrons. The van der Waals surface area contributed by atoms with Gasteiger partial charge in [-0.1, -0.05) is 18.5 Å². The lowest BCUT2D eigenvalue weighted by molar-refractivity contribution is -0.383. The molecule has 1 fully saturated rings. The van der Waals surface area contributed by atoms with Crippen LogP contribution < -0.4 is 11.1 Å². The molecule has 19 heavy (non-hydrogen) atoms. The van der Waals surface area contributed by atoms with Crippen LogP contribution in [0, 0.1) is 15.5 Å². The number of carbonyl (C=O) groups excluding carboxylic acids is 1. The third-order valence-electron chi connectivity index (χ3n) is 3.35. The Hall–Kier alpha value is -1.82. The largest absolute Gasteiger partial charge is 0.392 e. The minimum absolute atomic E-state index is 0.0111. The second kappa shape index (κ2) is 4.70. The third kappa shape index (κ3) is 2.96. The number of nitrogens with one attached hydrogen (secondary N) is 1. The van der Waals surface area contributed by atoms with Gasteiger partial charge in [-0.3, -0.25) is 14.9 Å². The Kier molecular flexibility index (Phi) is 3.36. The van der Waals surface area contributed by atoms with Crippen molar-refractivity contribution >= 4 is 28.9 Å². The summed E-state index contributed by atoms with van der Waals surface area (Å²) >= 11 is 5.80. The maximum atomic E-state index is 11.9. The van der Waals surface area contributed by atoms with Crippen molar-refractivity contribution in [3.63, 3.8) is 0 Å². The number of amides is 1. The second-order valence-corrected chi connectivity index (χ2v) is 5.55. The fourth-order valence-corrected chi connectivity index (χ4v) is 1.89. The zero-order valence-electron chi connectivity index (χ0n) is 10.4. The van der Waals surface area contributed by atoms with Gasteiger partial charge in [0.15, 0.2) is 0 Å². The first-order chi connectivity index (χ1) is 8.82. The number of halogens is 1. The molecule has 0 radical (unpaired) electrons. The van der Waals surface area contributed by atoms with Crippen LogP contribution in [0.4, 0.5) is 11.4 Å². The van der Waals surface area contributed by atoms with E-state index in [2.05, 4.69) is 12.2 Å². The molecule has 0 saturated heterocycles. The Morgan fingerprint density at radius 3 is 2.74 bits per heavy atom. The molecule has 1 aliphatic rings. The van der Waals surface area contributed by atoms with Crippen molar-refractivity contribution in [2.24, 2.45) is 5.41 Å². The standard InChI is InChI=1S/C12H14ClN3O3/c1-12(2-3-12)6-15-11(17)7-4-8(13)10(14)9(5-7)16(18)19/h4-5H,2-3,6,14H2,1H3,(H,15,17). The van der Waals surface area contributed by atoms with E-state index in [1.165, 1.54) is 6.07 Å². The van der Waals surface area contributed by atoms with Gasteiger partial charge in [0, 0.05) is 18.2 Å². The van der Waals surface area contributed by atoms with E-state index in [1.54, 1.807) is 0 Å². The van der Waals surface area contributed by atoms with E-state index in [4.69, 9.17) is 17.3 Å². The molecule has 7 heteroatoms. The molecule has 1 amide bonds. The highest BCUT2D eigenvalue weighted by molar-refractivity contribution is 6.34. The normalized spacial score (nSPS) is 15.9. The number of nitrogens with two attached hydrogens (primary N) is 1. The molecular weight excluding hydrogens is 270 g/mol. The van der Waals surface area contributed by atoms with E-state index in [1.807, 2.05) is 0 Å². The predicted octanol–water partition coefficient (Wildman–Crippen LogP) is 2.36. The van der Waals surface area contributed by atoms with Gasteiger partial charge in [-0.05, 0) is 24.3 Å². The summed E-state index contributed by atoms with van der Waals surface area (Å²) in [4.78, 5) is 22.1. The summed E-state index contributed by atoms with van der Waals surface area (Å²) < 4.78 is 0. The van der Waals surface area contributed by atoms with E-state index in [9.17, 15) is 14.9 Å². The molecule has 0 atom stereocenters. The highest BCUT2D eigenvalue weighted by Crippen LogP contribution is 2.44. The van der Waals surface area contributed by atoms with Crippen LogP contribution in [0.3, 0.4) is 0 Å². The van der Waals surface area contributed by atoms with Crippen LogP contribution in [-0.2, 0) is 0 Å². The number of nitrogen functional groups attached to an aromatic ring is 1. The molecule has 3 N–H and O–H groups in total. The minimum atomic E-state index is -0.653. The molecule has 0 spiro atoms. The fourth-order valence-electron chi connectivity index (χ4n) is 1.67. The molecule has 1 saturated carbocycles. The van der Waals surface area contributed by atoms with Crippen molar-refractivity contribution in [3.05, 3.63) is 32.8 Å². The topological polar surface area (TPSA) is 98.3 Å². The fraction of sp³-hybridized carbons (Fsp3) is 0.417. The Balaban J connectivity index is 2.19. The van der Waals surface area contributed by atoms with Crippen LogP contribution >= 0.6 is 11.6 Å². The molecule has 0 bridgehead atoms. The maximum absolute atomic E-state index is 11.9. The van der Waals surface area contributed by atoms with E-state index in [-0.39, 0.29) is 33.3 Å². The molecule has 6 nitrogen and oxygen atoms in total. The first-order valence-electron chi connectivity index (χ1n) is 5.84. The lowest BCUT2D eigenvalue weighted by atomic mass is 10.1. The van der Waals surface area contributed by atoms with Crippen LogP contribution in [0.2, 0.25) is 5.02 Å². The number of nitro benzene ring substituents is 1. The lowest BCUT2D eigenvalue weighted by Gasteiger charge is -2.10. The second-order valence-electron chi connectivity index (χ2n) is 5.14. The monoisotopic (exact) mass is 283 g/mol. The Morgan fingerprint density at radius 1 is 1.58 bits per heavy atom. The average Bonchev–Trinajstić information content (AvgIpc) is 3.08. The van der Waals surface area contributed by atoms with E-state index in [0.717, 1.165) is 18.9 Å². The van der Waals surface area contributed by atoms with Gasteiger partial charge in [0.2, 0.25) is 0 Å². The van der Waals surface area contributed by atoms with Crippen molar-refractivity contribution in [2.75, 3.05) is 12.3 Å². The highest BCUT2D eigenvalue weighted by atomic mass is 35.5. The SMILES string of the molecule is CC1(CNC(=O)c2cc(Cl)c(N)c([N+](=O)[O-])c2)CC1. The highest BCUT2D eigenvalue weighted by Gasteiger charge is 2.37. The van der Waals surface area contributed by atoms with Gasteiger partial charge in [0.25, 0.3) is 11.6 Å². The first kappa shape index (κ1) is 13.6. The van der Waals surface area contributed by atoms with Crippen molar-refractivity contribution in [1.82, 2.24) is 5.32 Å². The van der Waals surface area contributed by atoms with Crippen LogP contribution in [0.1, 0.15) is 30.1 Å². The molecule has 0 heterocycles. The number of rotatable bonds is 4. The van der Waals surface area contributed by atoms with Gasteiger partial charge in [0.1, 0.15) is 5.69 Å². The molecular formula is C12H14ClN3O3. The van der Waals surface area contributed by atoms with Gasteiger partial charge in [-0.15, -0.1) is 0 Å². The number of benzene rings is 1. The molecule has 0 aliphatic heterocycles. The zero-order chi connectivity index (χ0) is 14.2. The Morgan fingerprint density at radius 2 is 2.21 bits per heavy atom. The summed E-state index contributed by atoms with van der Waals surface area (Å²) in [5.74, 6) is -0.377. The van der Waals surface area contributed by atoms with Crippen LogP contribution in [0.5, 0.6) is 0 Å². The summed E-state index contributed by atoms with van der Waals surface area (Å²) in [6, 6.07) is 2.49. The Labute approximate surface area is 115 Å². The van der Waals surface area contributed by atoms with Crippen LogP contribution in [-0.4, -0.2) is 17.4 Å². The molecule has 1 aromatic carbocycles. The summed E-state index contributed by atoms with van der Waals surface area (Å²) in [5, 5.41) is 13.6. The number of hydrogen-bond acceptors (Lipinski definition) is 4. The van der Waals surface area contributed by atoms with Gasteiger partial charge in [0.05, 0.1) is 9.95 Å². The van der Waals surface area contributed by atoms with Gasteiger partial charge in [-0.2, -0.15) is 0 Å². The zero-order valence-corrected chi connectivity index (χ0v) is 11.2. The van der Waals surface area contributed by atoms with E-state index < -0.39 is 4.92 Å². The van der Waals surface area contributed by atoms with E-state index >= 15 is 0 Å². The molecule has 0 unspecified atom stereocenters. The summed E-state index contributed by atoms with van der Waals surface area (Å²) in [6.45, 7) is 2.63. The Bertz CT molecular complexity index is 555. The third-order valence-corrected chi connectivity index (χ3v) is 3.66. The van der Waals surface area contributed by atoms with Gasteiger partial charge in [-0.25, -0.2) is 0 Å². The van der Waals surface area contributed by atoms with Crippen LogP contribution in [0.15, 0.2) is 12.1 Å². The average molecular weight is 284 g/mol. The maximum Gasteiger partial charge on any atom is 0.294 e. The molecule has 1 aliphatic carbocycles. The number of hydrogen-bond donors (Lipinski definition) is 2. The number of anilines is 1. The summed E-state index contributed by atoms with van der Waals surface area (Å²) in [5.41, 5.74) is 5.34. The number of nitrogens with zero attached hydrogens (tertiary/aromatic N) is 1. The summed E-state index contributed by atoms with van der Waals surface area (Å²) in [7, 11) is 0. The van der Waals surface area contributed by atoms with Gasteiger partial charge >= 0.3 is 0 Å². The van der Waals surface area contributed by atoms with Gasteiger partial charge < -0.3 is 11.1 Å². The predicted molar refractivity (Wildman–Crippen MR) is 72.2 cm³/mol. The van der Waals surface area contributed by atoms with Crippen molar-refractivity contribution in [3.8, 4) is 0 Å². The smallest absolute Gasteiger partial charge is 0.294 e. The number of nitro groups is 1.